The second-order valence-corrected chi connectivity index (χ2v) is 11.0. The highest BCUT2D eigenvalue weighted by Crippen LogP contribution is 2.75. The fourth-order valence-corrected chi connectivity index (χ4v) is 8.70. The fourth-order valence-electron chi connectivity index (χ4n) is 8.70. The number of hydrogen-bond donors (Lipinski definition) is 2. The molecule has 6 aliphatic rings. The van der Waals surface area contributed by atoms with E-state index in [4.69, 9.17) is 9.47 Å². The summed E-state index contributed by atoms with van der Waals surface area (Å²) in [6.07, 6.45) is 10.7. The second-order valence-electron chi connectivity index (χ2n) is 11.0. The molecule has 2 aliphatic heterocycles. The molecule has 4 bridgehead atoms. The Kier molecular flexibility index (Phi) is 4.15. The maximum absolute atomic E-state index is 11.8. The van der Waals surface area contributed by atoms with Crippen molar-refractivity contribution in [1.82, 2.24) is 4.90 Å². The molecular weight excluding hydrogens is 402 g/mol. The lowest BCUT2D eigenvalue weighted by molar-refractivity contribution is -0.248. The van der Waals surface area contributed by atoms with Gasteiger partial charge in [-0.15, -0.1) is 6.58 Å². The molecule has 5 heteroatoms. The van der Waals surface area contributed by atoms with Gasteiger partial charge in [-0.3, -0.25) is 4.90 Å². The number of hydrogen-bond acceptors (Lipinski definition) is 5. The molecule has 1 saturated heterocycles. The van der Waals surface area contributed by atoms with Crippen LogP contribution in [-0.2, 0) is 16.6 Å². The number of phenolic OH excluding ortho intramolecular Hbond substituents is 1. The molecule has 0 aromatic heterocycles. The monoisotopic (exact) mass is 437 g/mol. The van der Waals surface area contributed by atoms with Gasteiger partial charge < -0.3 is 19.7 Å². The molecule has 6 unspecified atom stereocenters. The van der Waals surface area contributed by atoms with E-state index in [0.717, 1.165) is 45.2 Å². The van der Waals surface area contributed by atoms with E-state index in [-0.39, 0.29) is 28.6 Å². The van der Waals surface area contributed by atoms with Crippen LogP contribution in [0, 0.1) is 11.3 Å². The van der Waals surface area contributed by atoms with Crippen LogP contribution in [0.2, 0.25) is 0 Å². The number of fused-ring (bicyclic) bond motifs is 1. The highest BCUT2D eigenvalue weighted by molar-refractivity contribution is 5.65. The van der Waals surface area contributed by atoms with Gasteiger partial charge in [0.25, 0.3) is 0 Å². The van der Waals surface area contributed by atoms with E-state index in [1.807, 2.05) is 13.0 Å². The lowest BCUT2D eigenvalue weighted by atomic mass is 9.36. The van der Waals surface area contributed by atoms with Crippen molar-refractivity contribution in [2.75, 3.05) is 20.2 Å². The number of rotatable bonds is 6. The number of nitrogens with zero attached hydrogens (tertiary/aromatic N) is 1. The van der Waals surface area contributed by atoms with Gasteiger partial charge >= 0.3 is 0 Å². The van der Waals surface area contributed by atoms with Crippen LogP contribution < -0.4 is 4.74 Å². The summed E-state index contributed by atoms with van der Waals surface area (Å²) in [7, 11) is 1.76. The smallest absolute Gasteiger partial charge is 0.165 e. The zero-order valence-electron chi connectivity index (χ0n) is 19.4. The molecular formula is C27H35NO4. The van der Waals surface area contributed by atoms with E-state index < -0.39 is 11.2 Å². The van der Waals surface area contributed by atoms with Gasteiger partial charge in [0, 0.05) is 36.6 Å². The minimum atomic E-state index is -0.873. The van der Waals surface area contributed by atoms with Crippen molar-refractivity contribution >= 4 is 0 Å². The predicted molar refractivity (Wildman–Crippen MR) is 123 cm³/mol. The molecule has 7 atom stereocenters. The van der Waals surface area contributed by atoms with Crippen molar-refractivity contribution in [2.45, 2.75) is 74.7 Å². The molecule has 1 aromatic carbocycles. The van der Waals surface area contributed by atoms with Crippen LogP contribution in [0.1, 0.15) is 50.7 Å². The lowest BCUT2D eigenvalue weighted by Gasteiger charge is -2.72. The highest BCUT2D eigenvalue weighted by atomic mass is 16.6. The Morgan fingerprint density at radius 1 is 1.38 bits per heavy atom. The maximum atomic E-state index is 11.8. The van der Waals surface area contributed by atoms with Crippen molar-refractivity contribution in [2.24, 2.45) is 11.3 Å². The van der Waals surface area contributed by atoms with Crippen molar-refractivity contribution in [3.05, 3.63) is 48.1 Å². The number of benzene rings is 1. The summed E-state index contributed by atoms with van der Waals surface area (Å²) in [5.41, 5.74) is 0.465. The van der Waals surface area contributed by atoms with Gasteiger partial charge in [-0.2, -0.15) is 0 Å². The summed E-state index contributed by atoms with van der Waals surface area (Å²) in [5, 5.41) is 22.6. The molecule has 32 heavy (non-hydrogen) atoms. The van der Waals surface area contributed by atoms with Gasteiger partial charge in [-0.25, -0.2) is 0 Å². The van der Waals surface area contributed by atoms with Crippen LogP contribution in [-0.4, -0.2) is 58.7 Å². The van der Waals surface area contributed by atoms with Crippen molar-refractivity contribution in [3.8, 4) is 11.5 Å². The third kappa shape index (κ3) is 2.07. The van der Waals surface area contributed by atoms with E-state index in [0.29, 0.717) is 11.8 Å². The third-order valence-corrected chi connectivity index (χ3v) is 9.79. The van der Waals surface area contributed by atoms with Gasteiger partial charge in [0.15, 0.2) is 11.5 Å². The molecule has 2 fully saturated rings. The van der Waals surface area contributed by atoms with Gasteiger partial charge in [0.05, 0.1) is 11.0 Å². The normalized spacial score (nSPS) is 42.3. The standard InChI is InChI=1S/C27H35NO4/c1-5-9-24(3,30)19-16-25-10-11-27(19,31-4)23-26(25)12-14-28(13-6-2)20(25)15-17-7-8-18(29)22(32-23)21(17)26/h6-8,10-11,19-20,23,29-30H,2,5,9,12-16H2,1,3-4H3/t19?,20?,23?,24-,25?,26?,27?/m1/s1. The largest absolute Gasteiger partial charge is 0.504 e. The second kappa shape index (κ2) is 6.40. The molecule has 0 amide bonds. The van der Waals surface area contributed by atoms with Crippen molar-refractivity contribution in [3.63, 3.8) is 0 Å². The number of ether oxygens (including phenoxy) is 2. The van der Waals surface area contributed by atoms with Gasteiger partial charge in [0.2, 0.25) is 0 Å². The Balaban J connectivity index is 1.64. The quantitative estimate of drug-likeness (QED) is 0.664. The first-order valence-corrected chi connectivity index (χ1v) is 12.2. The van der Waals surface area contributed by atoms with E-state index >= 15 is 0 Å². The van der Waals surface area contributed by atoms with Gasteiger partial charge in [0.1, 0.15) is 11.7 Å². The van der Waals surface area contributed by atoms with Crippen LogP contribution in [0.15, 0.2) is 36.9 Å². The Bertz CT molecular complexity index is 1020. The molecule has 4 aliphatic carbocycles. The van der Waals surface area contributed by atoms with E-state index in [1.165, 1.54) is 11.1 Å². The zero-order valence-corrected chi connectivity index (χ0v) is 19.4. The summed E-state index contributed by atoms with van der Waals surface area (Å²) < 4.78 is 13.1. The molecule has 7 rings (SSSR count). The van der Waals surface area contributed by atoms with Gasteiger partial charge in [-0.05, 0) is 50.8 Å². The van der Waals surface area contributed by atoms with Crippen LogP contribution in [0.3, 0.4) is 0 Å². The summed E-state index contributed by atoms with van der Waals surface area (Å²) in [5.74, 6) is 0.776. The van der Waals surface area contributed by atoms with Crippen LogP contribution in [0.4, 0.5) is 0 Å². The summed E-state index contributed by atoms with van der Waals surface area (Å²) in [6.45, 7) is 9.95. The first kappa shape index (κ1) is 20.8. The average Bonchev–Trinajstić information content (AvgIpc) is 3.14. The molecule has 172 valence electrons. The van der Waals surface area contributed by atoms with Crippen LogP contribution in [0.25, 0.3) is 0 Å². The topological polar surface area (TPSA) is 62.2 Å². The first-order chi connectivity index (χ1) is 15.3. The van der Waals surface area contributed by atoms with Crippen LogP contribution >= 0.6 is 0 Å². The molecule has 2 N–H and O–H groups in total. The first-order valence-electron chi connectivity index (χ1n) is 12.2. The Labute approximate surface area is 190 Å². The Morgan fingerprint density at radius 2 is 2.19 bits per heavy atom. The molecule has 2 heterocycles. The summed E-state index contributed by atoms with van der Waals surface area (Å²) in [6, 6.07) is 4.18. The third-order valence-electron chi connectivity index (χ3n) is 9.79. The minimum Gasteiger partial charge on any atom is -0.504 e. The number of aromatic hydroxyl groups is 1. The van der Waals surface area contributed by atoms with Crippen LogP contribution in [0.5, 0.6) is 11.5 Å². The van der Waals surface area contributed by atoms with E-state index in [9.17, 15) is 10.2 Å². The average molecular weight is 438 g/mol. The fraction of sp³-hybridized carbons (Fsp3) is 0.630. The minimum absolute atomic E-state index is 0.0905. The number of piperidine rings is 1. The molecule has 1 aromatic rings. The van der Waals surface area contributed by atoms with Gasteiger partial charge in [-0.1, -0.05) is 37.6 Å². The van der Waals surface area contributed by atoms with E-state index in [1.54, 1.807) is 13.2 Å². The number of likely N-dealkylation sites (tertiary alicyclic amines) is 1. The number of phenols is 1. The van der Waals surface area contributed by atoms with Crippen molar-refractivity contribution < 1.29 is 19.7 Å². The zero-order chi connectivity index (χ0) is 22.5. The van der Waals surface area contributed by atoms with Crippen molar-refractivity contribution in [1.29, 1.82) is 0 Å². The number of methoxy groups -OCH3 is 1. The lowest BCUT2D eigenvalue weighted by Crippen LogP contribution is -2.80. The highest BCUT2D eigenvalue weighted by Gasteiger charge is 2.80. The molecule has 5 nitrogen and oxygen atoms in total. The Hall–Kier alpha value is -1.82. The Morgan fingerprint density at radius 3 is 2.91 bits per heavy atom. The molecule has 0 radical (unpaired) electrons. The summed E-state index contributed by atoms with van der Waals surface area (Å²) in [4.78, 5) is 2.57. The summed E-state index contributed by atoms with van der Waals surface area (Å²) >= 11 is 0. The number of aliphatic hydroxyl groups is 1. The van der Waals surface area contributed by atoms with E-state index in [2.05, 4.69) is 36.6 Å². The SMILES string of the molecule is C=CCN1CCC23c4c5ccc(O)c4OC2C2(OC)C=CC3(CC2[C@](C)(O)CCC)C1C5. The molecule has 1 saturated carbocycles. The predicted octanol–water partition coefficient (Wildman–Crippen LogP) is 3.72. The molecule has 2 spiro atoms. The maximum Gasteiger partial charge on any atom is 0.165 e.